The number of carbonyl (C=O) groups is 1. The number of piperidine rings is 1. The van der Waals surface area contributed by atoms with Crippen LogP contribution in [0.2, 0.25) is 5.02 Å². The second kappa shape index (κ2) is 9.26. The summed E-state index contributed by atoms with van der Waals surface area (Å²) in [5.74, 6) is 1.23. The zero-order valence-electron chi connectivity index (χ0n) is 17.0. The monoisotopic (exact) mass is 420 g/mol. The molecule has 5 nitrogen and oxygen atoms in total. The van der Waals surface area contributed by atoms with Gasteiger partial charge in [-0.1, -0.05) is 48.0 Å². The van der Waals surface area contributed by atoms with E-state index in [0.29, 0.717) is 16.6 Å². The number of hydrogen-bond acceptors (Lipinski definition) is 4. The Morgan fingerprint density at radius 3 is 2.53 bits per heavy atom. The molecule has 30 heavy (non-hydrogen) atoms. The molecule has 2 heterocycles. The summed E-state index contributed by atoms with van der Waals surface area (Å²) in [7, 11) is 0. The quantitative estimate of drug-likeness (QED) is 0.620. The molecule has 3 aromatic rings. The van der Waals surface area contributed by atoms with Gasteiger partial charge in [-0.05, 0) is 67.5 Å². The fourth-order valence-corrected chi connectivity index (χ4v) is 4.02. The Morgan fingerprint density at radius 1 is 1.07 bits per heavy atom. The molecular formula is C24H25ClN4O. The Hall–Kier alpha value is -2.92. The standard InChI is InChI=1S/C24H25ClN4O/c1-17-7-8-20(25)16-22(17)26-24(30)21-9-10-23(28-27-21)29-13-11-19(12-14-29)15-18-5-3-2-4-6-18/h2-10,16,19H,11-15H2,1H3,(H,26,30). The number of aromatic nitrogens is 2. The molecular weight excluding hydrogens is 396 g/mol. The predicted octanol–water partition coefficient (Wildman–Crippen LogP) is 5.15. The van der Waals surface area contributed by atoms with Gasteiger partial charge in [0.25, 0.3) is 5.91 Å². The Morgan fingerprint density at radius 2 is 1.83 bits per heavy atom. The van der Waals surface area contributed by atoms with Crippen LogP contribution < -0.4 is 10.2 Å². The zero-order chi connectivity index (χ0) is 20.9. The summed E-state index contributed by atoms with van der Waals surface area (Å²) in [6.07, 6.45) is 3.39. The first-order chi connectivity index (χ1) is 14.6. The van der Waals surface area contributed by atoms with E-state index in [0.717, 1.165) is 43.7 Å². The number of hydrogen-bond donors (Lipinski definition) is 1. The third-order valence-corrected chi connectivity index (χ3v) is 5.87. The van der Waals surface area contributed by atoms with Crippen LogP contribution in [0.5, 0.6) is 0 Å². The molecule has 0 bridgehead atoms. The highest BCUT2D eigenvalue weighted by Crippen LogP contribution is 2.25. The van der Waals surface area contributed by atoms with E-state index < -0.39 is 0 Å². The van der Waals surface area contributed by atoms with Crippen molar-refractivity contribution in [3.63, 3.8) is 0 Å². The van der Waals surface area contributed by atoms with Crippen molar-refractivity contribution in [3.05, 3.63) is 82.5 Å². The number of rotatable bonds is 5. The molecule has 1 saturated heterocycles. The third kappa shape index (κ3) is 4.97. The van der Waals surface area contributed by atoms with Crippen LogP contribution in [-0.4, -0.2) is 29.2 Å². The smallest absolute Gasteiger partial charge is 0.276 e. The van der Waals surface area contributed by atoms with Crippen LogP contribution in [-0.2, 0) is 6.42 Å². The van der Waals surface area contributed by atoms with Gasteiger partial charge in [0.1, 0.15) is 0 Å². The van der Waals surface area contributed by atoms with Gasteiger partial charge in [0, 0.05) is 23.8 Å². The minimum Gasteiger partial charge on any atom is -0.355 e. The van der Waals surface area contributed by atoms with Gasteiger partial charge in [0.2, 0.25) is 0 Å². The molecule has 0 aliphatic carbocycles. The molecule has 0 atom stereocenters. The Bertz CT molecular complexity index is 999. The predicted molar refractivity (Wildman–Crippen MR) is 121 cm³/mol. The molecule has 1 aliphatic rings. The lowest BCUT2D eigenvalue weighted by Crippen LogP contribution is -2.35. The second-order valence-corrected chi connectivity index (χ2v) is 8.25. The van der Waals surface area contributed by atoms with Gasteiger partial charge in [0.05, 0.1) is 0 Å². The molecule has 2 aromatic carbocycles. The average Bonchev–Trinajstić information content (AvgIpc) is 2.78. The molecule has 6 heteroatoms. The Kier molecular flexibility index (Phi) is 6.29. The highest BCUT2D eigenvalue weighted by molar-refractivity contribution is 6.31. The highest BCUT2D eigenvalue weighted by atomic mass is 35.5. The van der Waals surface area contributed by atoms with Crippen molar-refractivity contribution in [1.29, 1.82) is 0 Å². The Labute approximate surface area is 182 Å². The summed E-state index contributed by atoms with van der Waals surface area (Å²) >= 11 is 6.02. The van der Waals surface area contributed by atoms with Crippen LogP contribution >= 0.6 is 11.6 Å². The lowest BCUT2D eigenvalue weighted by atomic mass is 9.90. The van der Waals surface area contributed by atoms with Crippen molar-refractivity contribution in [1.82, 2.24) is 10.2 Å². The lowest BCUT2D eigenvalue weighted by Gasteiger charge is -2.32. The van der Waals surface area contributed by atoms with Gasteiger partial charge in [-0.3, -0.25) is 4.79 Å². The number of anilines is 2. The van der Waals surface area contributed by atoms with Crippen LogP contribution in [0, 0.1) is 12.8 Å². The fourth-order valence-electron chi connectivity index (χ4n) is 3.84. The van der Waals surface area contributed by atoms with Crippen LogP contribution in [0.1, 0.15) is 34.5 Å². The van der Waals surface area contributed by atoms with E-state index in [1.54, 1.807) is 18.2 Å². The van der Waals surface area contributed by atoms with E-state index >= 15 is 0 Å². The molecule has 1 aliphatic heterocycles. The van der Waals surface area contributed by atoms with Gasteiger partial charge in [-0.25, -0.2) is 0 Å². The first-order valence-electron chi connectivity index (χ1n) is 10.3. The van der Waals surface area contributed by atoms with Crippen LogP contribution in [0.4, 0.5) is 11.5 Å². The highest BCUT2D eigenvalue weighted by Gasteiger charge is 2.21. The van der Waals surface area contributed by atoms with Crippen molar-refractivity contribution >= 4 is 29.0 Å². The summed E-state index contributed by atoms with van der Waals surface area (Å²) in [5.41, 5.74) is 3.31. The summed E-state index contributed by atoms with van der Waals surface area (Å²) < 4.78 is 0. The maximum Gasteiger partial charge on any atom is 0.276 e. The zero-order valence-corrected chi connectivity index (χ0v) is 17.8. The van der Waals surface area contributed by atoms with Gasteiger partial charge < -0.3 is 10.2 Å². The van der Waals surface area contributed by atoms with E-state index in [9.17, 15) is 4.79 Å². The molecule has 1 fully saturated rings. The van der Waals surface area contributed by atoms with Gasteiger partial charge in [-0.15, -0.1) is 10.2 Å². The third-order valence-electron chi connectivity index (χ3n) is 5.64. The number of aryl methyl sites for hydroxylation is 1. The van der Waals surface area contributed by atoms with Crippen molar-refractivity contribution in [3.8, 4) is 0 Å². The minimum absolute atomic E-state index is 0.289. The van der Waals surface area contributed by atoms with E-state index in [2.05, 4.69) is 50.7 Å². The lowest BCUT2D eigenvalue weighted by molar-refractivity contribution is 0.102. The second-order valence-electron chi connectivity index (χ2n) is 7.81. The summed E-state index contributed by atoms with van der Waals surface area (Å²) in [6.45, 7) is 3.83. The molecule has 1 aromatic heterocycles. The largest absolute Gasteiger partial charge is 0.355 e. The molecule has 1 amide bonds. The van der Waals surface area contributed by atoms with E-state index in [1.165, 1.54) is 5.56 Å². The normalized spacial score (nSPS) is 14.5. The SMILES string of the molecule is Cc1ccc(Cl)cc1NC(=O)c1ccc(N2CCC(Cc3ccccc3)CC2)nn1. The molecule has 154 valence electrons. The van der Waals surface area contributed by atoms with Gasteiger partial charge in [0.15, 0.2) is 11.5 Å². The van der Waals surface area contributed by atoms with E-state index in [-0.39, 0.29) is 11.6 Å². The van der Waals surface area contributed by atoms with Crippen molar-refractivity contribution in [2.24, 2.45) is 5.92 Å². The first-order valence-corrected chi connectivity index (χ1v) is 10.7. The number of carbonyl (C=O) groups excluding carboxylic acids is 1. The van der Waals surface area contributed by atoms with Gasteiger partial charge in [-0.2, -0.15) is 0 Å². The molecule has 0 radical (unpaired) electrons. The average molecular weight is 421 g/mol. The number of nitrogens with one attached hydrogen (secondary N) is 1. The number of halogens is 1. The fraction of sp³-hybridized carbons (Fsp3) is 0.292. The van der Waals surface area contributed by atoms with E-state index in [4.69, 9.17) is 11.6 Å². The van der Waals surface area contributed by atoms with Crippen molar-refractivity contribution in [2.45, 2.75) is 26.2 Å². The van der Waals surface area contributed by atoms with Gasteiger partial charge >= 0.3 is 0 Å². The number of amides is 1. The maximum atomic E-state index is 12.5. The van der Waals surface area contributed by atoms with Crippen molar-refractivity contribution in [2.75, 3.05) is 23.3 Å². The molecule has 1 N–H and O–H groups in total. The Balaban J connectivity index is 1.33. The summed E-state index contributed by atoms with van der Waals surface area (Å²) in [5, 5.41) is 11.9. The van der Waals surface area contributed by atoms with Crippen LogP contribution in [0.15, 0.2) is 60.7 Å². The maximum absolute atomic E-state index is 12.5. The topological polar surface area (TPSA) is 58.1 Å². The van der Waals surface area contributed by atoms with Crippen LogP contribution in [0.25, 0.3) is 0 Å². The van der Waals surface area contributed by atoms with E-state index in [1.807, 2.05) is 19.1 Å². The van der Waals surface area contributed by atoms with Crippen molar-refractivity contribution < 1.29 is 4.79 Å². The minimum atomic E-state index is -0.291. The molecule has 4 rings (SSSR count). The molecule has 0 saturated carbocycles. The molecule has 0 unspecified atom stereocenters. The molecule has 0 spiro atoms. The van der Waals surface area contributed by atoms with Crippen LogP contribution in [0.3, 0.4) is 0 Å². The summed E-state index contributed by atoms with van der Waals surface area (Å²) in [4.78, 5) is 14.8. The number of nitrogens with zero attached hydrogens (tertiary/aromatic N) is 3. The summed E-state index contributed by atoms with van der Waals surface area (Å²) in [6, 6.07) is 19.7. The number of benzene rings is 2. The first kappa shape index (κ1) is 20.4.